The lowest BCUT2D eigenvalue weighted by atomic mass is 10.2. The molecule has 0 aromatic carbocycles. The van der Waals surface area contributed by atoms with E-state index in [4.69, 9.17) is 0 Å². The van der Waals surface area contributed by atoms with Crippen LogP contribution in [0, 0.1) is 5.92 Å². The number of carbonyl (C=O) groups is 1. The van der Waals surface area contributed by atoms with Crippen LogP contribution < -0.4 is 5.32 Å². The summed E-state index contributed by atoms with van der Waals surface area (Å²) in [4.78, 5) is 15.2. The third kappa shape index (κ3) is 4.19. The zero-order valence-corrected chi connectivity index (χ0v) is 13.6. The highest BCUT2D eigenvalue weighted by Crippen LogP contribution is 2.40. The Kier molecular flexibility index (Phi) is 4.71. The number of amides is 2. The first-order valence-electron chi connectivity index (χ1n) is 8.22. The molecule has 1 atom stereocenters. The molecular weight excluding hydrogens is 323 g/mol. The second-order valence-electron chi connectivity index (χ2n) is 6.55. The standard InChI is InChI=1S/C15H22F3N5O/c1-11(12-2-3-12)23-13(4-5-19-23)20-14(24)22-8-6-21(7-9-22)10-15(16,17)18/h4-5,11-12H,2-3,6-10H2,1H3,(H,20,24)/t11-/m0/s1. The van der Waals surface area contributed by atoms with E-state index in [1.807, 2.05) is 4.68 Å². The molecule has 0 spiro atoms. The van der Waals surface area contributed by atoms with Crippen LogP contribution in [0.25, 0.3) is 0 Å². The molecule has 1 aromatic rings. The number of urea groups is 1. The van der Waals surface area contributed by atoms with Gasteiger partial charge in [0.15, 0.2) is 0 Å². The maximum Gasteiger partial charge on any atom is 0.401 e. The number of nitrogens with zero attached hydrogens (tertiary/aromatic N) is 4. The highest BCUT2D eigenvalue weighted by atomic mass is 19.4. The summed E-state index contributed by atoms with van der Waals surface area (Å²) in [5.74, 6) is 1.24. The van der Waals surface area contributed by atoms with E-state index in [2.05, 4.69) is 17.3 Å². The monoisotopic (exact) mass is 345 g/mol. The summed E-state index contributed by atoms with van der Waals surface area (Å²) in [6, 6.07) is 1.70. The van der Waals surface area contributed by atoms with E-state index in [0.717, 1.165) is 0 Å². The first-order valence-corrected chi connectivity index (χ1v) is 8.22. The van der Waals surface area contributed by atoms with Crippen molar-refractivity contribution in [3.8, 4) is 0 Å². The summed E-state index contributed by atoms with van der Waals surface area (Å²) in [6.45, 7) is 2.18. The summed E-state index contributed by atoms with van der Waals surface area (Å²) < 4.78 is 39.0. The fourth-order valence-electron chi connectivity index (χ4n) is 3.07. The second-order valence-corrected chi connectivity index (χ2v) is 6.55. The molecule has 0 unspecified atom stereocenters. The van der Waals surface area contributed by atoms with Gasteiger partial charge >= 0.3 is 12.2 Å². The Bertz CT molecular complexity index is 576. The molecule has 1 saturated heterocycles. The third-order valence-corrected chi connectivity index (χ3v) is 4.66. The van der Waals surface area contributed by atoms with E-state index in [9.17, 15) is 18.0 Å². The number of rotatable bonds is 4. The van der Waals surface area contributed by atoms with E-state index < -0.39 is 12.7 Å². The van der Waals surface area contributed by atoms with Crippen molar-refractivity contribution < 1.29 is 18.0 Å². The van der Waals surface area contributed by atoms with Gasteiger partial charge in [0, 0.05) is 32.2 Å². The number of hydrogen-bond donors (Lipinski definition) is 1. The van der Waals surface area contributed by atoms with Crippen LogP contribution in [0.5, 0.6) is 0 Å². The minimum Gasteiger partial charge on any atom is -0.322 e. The van der Waals surface area contributed by atoms with Crippen molar-refractivity contribution in [1.82, 2.24) is 19.6 Å². The van der Waals surface area contributed by atoms with Gasteiger partial charge in [0.25, 0.3) is 0 Å². The molecule has 1 saturated carbocycles. The molecule has 2 aliphatic rings. The van der Waals surface area contributed by atoms with E-state index in [1.54, 1.807) is 17.2 Å². The van der Waals surface area contributed by atoms with E-state index in [-0.39, 0.29) is 38.3 Å². The van der Waals surface area contributed by atoms with Crippen LogP contribution in [0.3, 0.4) is 0 Å². The highest BCUT2D eigenvalue weighted by molar-refractivity contribution is 5.88. The van der Waals surface area contributed by atoms with Gasteiger partial charge in [-0.05, 0) is 25.7 Å². The van der Waals surface area contributed by atoms with Crippen LogP contribution in [-0.2, 0) is 0 Å². The molecule has 1 aliphatic carbocycles. The van der Waals surface area contributed by atoms with Gasteiger partial charge < -0.3 is 4.90 Å². The van der Waals surface area contributed by atoms with E-state index >= 15 is 0 Å². The summed E-state index contributed by atoms with van der Waals surface area (Å²) in [5.41, 5.74) is 0. The number of hydrogen-bond acceptors (Lipinski definition) is 3. The topological polar surface area (TPSA) is 53.4 Å². The molecule has 1 N–H and O–H groups in total. The Morgan fingerprint density at radius 2 is 2.00 bits per heavy atom. The van der Waals surface area contributed by atoms with Crippen LogP contribution in [0.15, 0.2) is 12.3 Å². The average Bonchev–Trinajstić information content (AvgIpc) is 3.26. The normalized spacial score (nSPS) is 20.9. The van der Waals surface area contributed by atoms with E-state index in [0.29, 0.717) is 11.7 Å². The molecule has 1 aromatic heterocycles. The van der Waals surface area contributed by atoms with Crippen molar-refractivity contribution in [2.24, 2.45) is 5.92 Å². The smallest absolute Gasteiger partial charge is 0.322 e. The lowest BCUT2D eigenvalue weighted by Crippen LogP contribution is -2.52. The van der Waals surface area contributed by atoms with Crippen molar-refractivity contribution in [1.29, 1.82) is 0 Å². The molecule has 3 rings (SSSR count). The maximum absolute atomic E-state index is 12.4. The summed E-state index contributed by atoms with van der Waals surface area (Å²) >= 11 is 0. The lowest BCUT2D eigenvalue weighted by Gasteiger charge is -2.35. The van der Waals surface area contributed by atoms with Crippen LogP contribution >= 0.6 is 0 Å². The van der Waals surface area contributed by atoms with Crippen LogP contribution in [-0.4, -0.2) is 64.5 Å². The van der Waals surface area contributed by atoms with Gasteiger partial charge in [0.1, 0.15) is 5.82 Å². The van der Waals surface area contributed by atoms with Crippen LogP contribution in [0.4, 0.5) is 23.8 Å². The number of nitrogens with one attached hydrogen (secondary N) is 1. The Morgan fingerprint density at radius 3 is 2.58 bits per heavy atom. The summed E-state index contributed by atoms with van der Waals surface area (Å²) in [7, 11) is 0. The molecule has 2 amide bonds. The first kappa shape index (κ1) is 17.1. The molecular formula is C15H22F3N5O. The summed E-state index contributed by atoms with van der Waals surface area (Å²) in [5, 5.41) is 7.11. The molecule has 1 aliphatic heterocycles. The van der Waals surface area contributed by atoms with Gasteiger partial charge in [0.05, 0.1) is 18.8 Å². The largest absolute Gasteiger partial charge is 0.401 e. The predicted octanol–water partition coefficient (Wildman–Crippen LogP) is 2.57. The molecule has 0 bridgehead atoms. The van der Waals surface area contributed by atoms with Gasteiger partial charge in [-0.1, -0.05) is 0 Å². The predicted molar refractivity (Wildman–Crippen MR) is 82.7 cm³/mol. The van der Waals surface area contributed by atoms with Gasteiger partial charge in [-0.25, -0.2) is 9.48 Å². The number of alkyl halides is 3. The maximum atomic E-state index is 12.4. The Hall–Kier alpha value is -1.77. The second kappa shape index (κ2) is 6.62. The quantitative estimate of drug-likeness (QED) is 0.913. The minimum absolute atomic E-state index is 0.227. The SMILES string of the molecule is C[C@@H](C1CC1)n1nccc1NC(=O)N1CCN(CC(F)(F)F)CC1. The Balaban J connectivity index is 1.52. The van der Waals surface area contributed by atoms with Crippen molar-refractivity contribution in [2.75, 3.05) is 38.0 Å². The fourth-order valence-corrected chi connectivity index (χ4v) is 3.07. The van der Waals surface area contributed by atoms with Gasteiger partial charge in [-0.15, -0.1) is 0 Å². The Morgan fingerprint density at radius 1 is 1.33 bits per heavy atom. The van der Waals surface area contributed by atoms with Crippen molar-refractivity contribution in [3.05, 3.63) is 12.3 Å². The van der Waals surface area contributed by atoms with Gasteiger partial charge in [0.2, 0.25) is 0 Å². The number of aromatic nitrogens is 2. The number of anilines is 1. The minimum atomic E-state index is -4.20. The fraction of sp³-hybridized carbons (Fsp3) is 0.733. The van der Waals surface area contributed by atoms with Crippen molar-refractivity contribution in [3.63, 3.8) is 0 Å². The Labute approximate surface area is 138 Å². The zero-order valence-electron chi connectivity index (χ0n) is 13.6. The molecule has 0 radical (unpaired) electrons. The highest BCUT2D eigenvalue weighted by Gasteiger charge is 2.33. The first-order chi connectivity index (χ1) is 11.3. The molecule has 134 valence electrons. The lowest BCUT2D eigenvalue weighted by molar-refractivity contribution is -0.148. The van der Waals surface area contributed by atoms with Gasteiger partial charge in [-0.3, -0.25) is 10.2 Å². The zero-order chi connectivity index (χ0) is 17.3. The molecule has 2 fully saturated rings. The molecule has 2 heterocycles. The average molecular weight is 345 g/mol. The van der Waals surface area contributed by atoms with Crippen LogP contribution in [0.1, 0.15) is 25.8 Å². The van der Waals surface area contributed by atoms with Crippen molar-refractivity contribution >= 4 is 11.8 Å². The van der Waals surface area contributed by atoms with Crippen LogP contribution in [0.2, 0.25) is 0 Å². The van der Waals surface area contributed by atoms with Gasteiger partial charge in [-0.2, -0.15) is 18.3 Å². The number of piperazine rings is 1. The summed E-state index contributed by atoms with van der Waals surface area (Å²) in [6.07, 6.45) is -0.198. The molecule has 24 heavy (non-hydrogen) atoms. The number of carbonyl (C=O) groups excluding carboxylic acids is 1. The molecule has 6 nitrogen and oxygen atoms in total. The molecule has 9 heteroatoms. The third-order valence-electron chi connectivity index (χ3n) is 4.66. The van der Waals surface area contributed by atoms with E-state index in [1.165, 1.54) is 17.7 Å². The van der Waals surface area contributed by atoms with Crippen molar-refractivity contribution in [2.45, 2.75) is 32.0 Å². The number of halogens is 3.